The fourth-order valence-corrected chi connectivity index (χ4v) is 3.53. The summed E-state index contributed by atoms with van der Waals surface area (Å²) in [7, 11) is 0. The van der Waals surface area contributed by atoms with E-state index in [1.165, 1.54) is 0 Å². The number of carboxylic acids is 1. The van der Waals surface area contributed by atoms with Crippen LogP contribution < -0.4 is 0 Å². The molecule has 3 aromatic rings. The van der Waals surface area contributed by atoms with Gasteiger partial charge in [-0.3, -0.25) is 0 Å². The van der Waals surface area contributed by atoms with Crippen LogP contribution in [0.25, 0.3) is 16.7 Å². The molecule has 0 saturated heterocycles. The van der Waals surface area contributed by atoms with E-state index in [-0.39, 0.29) is 18.4 Å². The molecule has 0 atom stereocenters. The lowest BCUT2D eigenvalue weighted by Crippen LogP contribution is -2.35. The minimum Gasteiger partial charge on any atom is -0.476 e. The second-order valence-electron chi connectivity index (χ2n) is 7.23. The van der Waals surface area contributed by atoms with Gasteiger partial charge in [0, 0.05) is 18.7 Å². The molecule has 0 unspecified atom stereocenters. The Bertz CT molecular complexity index is 1110. The van der Waals surface area contributed by atoms with Crippen LogP contribution >= 0.6 is 0 Å². The molecule has 1 N–H and O–H groups in total. The maximum Gasteiger partial charge on any atom is 0.410 e. The summed E-state index contributed by atoms with van der Waals surface area (Å²) in [6, 6.07) is 22.5. The SMILES string of the molecule is O=C(O)c1nc(C2=CCN(C(=O)OCc3ccccc3)CC2)ccc1-c1ccccc1. The first kappa shape index (κ1) is 20.3. The van der Waals surface area contributed by atoms with Crippen LogP contribution in [0, 0.1) is 0 Å². The van der Waals surface area contributed by atoms with E-state index < -0.39 is 5.97 Å². The third kappa shape index (κ3) is 4.80. The highest BCUT2D eigenvalue weighted by molar-refractivity contribution is 5.94. The Kier molecular flexibility index (Phi) is 6.08. The van der Waals surface area contributed by atoms with Gasteiger partial charge in [0.2, 0.25) is 0 Å². The molecule has 156 valence electrons. The Morgan fingerprint density at radius 3 is 2.32 bits per heavy atom. The molecule has 1 aliphatic rings. The van der Waals surface area contributed by atoms with Gasteiger partial charge in [0.25, 0.3) is 0 Å². The first-order valence-corrected chi connectivity index (χ1v) is 10.1. The molecule has 6 heteroatoms. The highest BCUT2D eigenvalue weighted by atomic mass is 16.6. The Labute approximate surface area is 180 Å². The van der Waals surface area contributed by atoms with Crippen LogP contribution in [0.15, 0.2) is 78.9 Å². The van der Waals surface area contributed by atoms with Gasteiger partial charge in [-0.05, 0) is 35.3 Å². The predicted molar refractivity (Wildman–Crippen MR) is 117 cm³/mol. The van der Waals surface area contributed by atoms with E-state index in [0.717, 1.165) is 16.7 Å². The first-order valence-electron chi connectivity index (χ1n) is 10.1. The van der Waals surface area contributed by atoms with E-state index in [0.29, 0.717) is 30.8 Å². The third-order valence-electron chi connectivity index (χ3n) is 5.18. The first-order chi connectivity index (χ1) is 15.1. The molecule has 0 saturated carbocycles. The maximum absolute atomic E-state index is 12.3. The van der Waals surface area contributed by atoms with Crippen molar-refractivity contribution in [3.8, 4) is 11.1 Å². The minimum absolute atomic E-state index is 0.0225. The smallest absolute Gasteiger partial charge is 0.410 e. The number of aromatic nitrogens is 1. The van der Waals surface area contributed by atoms with Crippen molar-refractivity contribution in [1.82, 2.24) is 9.88 Å². The normalized spacial score (nSPS) is 13.4. The number of carboxylic acid groups (broad SMARTS) is 1. The van der Waals surface area contributed by atoms with Crippen LogP contribution in [0.1, 0.15) is 28.2 Å². The molecule has 2 heterocycles. The van der Waals surface area contributed by atoms with Gasteiger partial charge >= 0.3 is 12.1 Å². The van der Waals surface area contributed by atoms with Gasteiger partial charge in [0.15, 0.2) is 5.69 Å². The zero-order chi connectivity index (χ0) is 21.6. The largest absolute Gasteiger partial charge is 0.476 e. The minimum atomic E-state index is -1.07. The Balaban J connectivity index is 1.46. The van der Waals surface area contributed by atoms with Crippen LogP contribution in [-0.4, -0.2) is 40.1 Å². The van der Waals surface area contributed by atoms with Crippen molar-refractivity contribution in [1.29, 1.82) is 0 Å². The van der Waals surface area contributed by atoms with Crippen molar-refractivity contribution >= 4 is 17.6 Å². The molecule has 0 fully saturated rings. The van der Waals surface area contributed by atoms with Crippen molar-refractivity contribution in [2.45, 2.75) is 13.0 Å². The second-order valence-corrected chi connectivity index (χ2v) is 7.23. The second kappa shape index (κ2) is 9.26. The lowest BCUT2D eigenvalue weighted by molar-refractivity contribution is 0.0691. The van der Waals surface area contributed by atoms with Gasteiger partial charge in [0.1, 0.15) is 6.61 Å². The quantitative estimate of drug-likeness (QED) is 0.644. The summed E-state index contributed by atoms with van der Waals surface area (Å²) >= 11 is 0. The van der Waals surface area contributed by atoms with Gasteiger partial charge in [-0.25, -0.2) is 14.6 Å². The van der Waals surface area contributed by atoms with Crippen LogP contribution in [0.5, 0.6) is 0 Å². The fraction of sp³-hybridized carbons (Fsp3) is 0.160. The van der Waals surface area contributed by atoms with Crippen molar-refractivity contribution in [2.75, 3.05) is 13.1 Å². The number of hydrogen-bond acceptors (Lipinski definition) is 4. The van der Waals surface area contributed by atoms with E-state index in [1.54, 1.807) is 11.0 Å². The zero-order valence-corrected chi connectivity index (χ0v) is 16.9. The van der Waals surface area contributed by atoms with E-state index >= 15 is 0 Å². The number of pyridine rings is 1. The topological polar surface area (TPSA) is 79.7 Å². The number of ether oxygens (including phenoxy) is 1. The molecule has 4 rings (SSSR count). The van der Waals surface area contributed by atoms with Gasteiger partial charge in [-0.2, -0.15) is 0 Å². The number of aromatic carboxylic acids is 1. The average Bonchev–Trinajstić information content (AvgIpc) is 2.83. The monoisotopic (exact) mass is 414 g/mol. The molecule has 0 aliphatic carbocycles. The van der Waals surface area contributed by atoms with E-state index in [2.05, 4.69) is 4.98 Å². The number of carbonyl (C=O) groups is 2. The lowest BCUT2D eigenvalue weighted by atomic mass is 9.99. The molecule has 1 aromatic heterocycles. The number of carbonyl (C=O) groups excluding carboxylic acids is 1. The molecular formula is C25H22N2O4. The summed E-state index contributed by atoms with van der Waals surface area (Å²) in [5.41, 5.74) is 3.90. The number of amides is 1. The average molecular weight is 414 g/mol. The summed E-state index contributed by atoms with van der Waals surface area (Å²) in [5, 5.41) is 9.67. The molecule has 0 bridgehead atoms. The summed E-state index contributed by atoms with van der Waals surface area (Å²) < 4.78 is 5.39. The Morgan fingerprint density at radius 2 is 1.68 bits per heavy atom. The van der Waals surface area contributed by atoms with Gasteiger partial charge < -0.3 is 14.7 Å². The molecule has 31 heavy (non-hydrogen) atoms. The zero-order valence-electron chi connectivity index (χ0n) is 16.9. The Hall–Kier alpha value is -3.93. The summed E-state index contributed by atoms with van der Waals surface area (Å²) in [4.78, 5) is 30.2. The predicted octanol–water partition coefficient (Wildman–Crippen LogP) is 4.87. The number of nitrogens with zero attached hydrogens (tertiary/aromatic N) is 2. The third-order valence-corrected chi connectivity index (χ3v) is 5.18. The summed E-state index contributed by atoms with van der Waals surface area (Å²) in [5.74, 6) is -1.07. The van der Waals surface area contributed by atoms with Crippen molar-refractivity contribution in [3.05, 3.63) is 95.8 Å². The van der Waals surface area contributed by atoms with Crippen molar-refractivity contribution < 1.29 is 19.4 Å². The van der Waals surface area contributed by atoms with E-state index in [1.807, 2.05) is 72.8 Å². The van der Waals surface area contributed by atoms with Gasteiger partial charge in [-0.1, -0.05) is 66.7 Å². The van der Waals surface area contributed by atoms with Gasteiger partial charge in [0.05, 0.1) is 5.69 Å². The van der Waals surface area contributed by atoms with E-state index in [9.17, 15) is 14.7 Å². The molecule has 6 nitrogen and oxygen atoms in total. The van der Waals surface area contributed by atoms with Crippen molar-refractivity contribution in [3.63, 3.8) is 0 Å². The molecule has 0 spiro atoms. The molecule has 0 radical (unpaired) electrons. The van der Waals surface area contributed by atoms with E-state index in [4.69, 9.17) is 4.74 Å². The van der Waals surface area contributed by atoms with Gasteiger partial charge in [-0.15, -0.1) is 0 Å². The van der Waals surface area contributed by atoms with Crippen LogP contribution in [0.2, 0.25) is 0 Å². The summed E-state index contributed by atoms with van der Waals surface area (Å²) in [6.45, 7) is 1.12. The standard InChI is InChI=1S/C25H22N2O4/c28-24(29)23-21(19-9-5-2-6-10-19)11-12-22(26-23)20-13-15-27(16-14-20)25(30)31-17-18-7-3-1-4-8-18/h1-13H,14-17H2,(H,28,29). The molecule has 1 aliphatic heterocycles. The highest BCUT2D eigenvalue weighted by Gasteiger charge is 2.21. The summed E-state index contributed by atoms with van der Waals surface area (Å²) in [6.07, 6.45) is 2.12. The van der Waals surface area contributed by atoms with Crippen LogP contribution in [0.4, 0.5) is 4.79 Å². The number of rotatable bonds is 5. The Morgan fingerprint density at radius 1 is 0.968 bits per heavy atom. The number of benzene rings is 2. The molecule has 1 amide bonds. The number of hydrogen-bond donors (Lipinski definition) is 1. The molecule has 2 aromatic carbocycles. The fourth-order valence-electron chi connectivity index (χ4n) is 3.53. The highest BCUT2D eigenvalue weighted by Crippen LogP contribution is 2.27. The molecular weight excluding hydrogens is 392 g/mol. The van der Waals surface area contributed by atoms with Crippen molar-refractivity contribution in [2.24, 2.45) is 0 Å². The maximum atomic E-state index is 12.3. The lowest BCUT2D eigenvalue weighted by Gasteiger charge is -2.26. The van der Waals surface area contributed by atoms with Crippen LogP contribution in [-0.2, 0) is 11.3 Å². The van der Waals surface area contributed by atoms with Crippen LogP contribution in [0.3, 0.4) is 0 Å².